The maximum Gasteiger partial charge on any atom is 0.269 e. The molecule has 110 valence electrons. The van der Waals surface area contributed by atoms with Crippen LogP contribution < -0.4 is 0 Å². The van der Waals surface area contributed by atoms with Gasteiger partial charge in [-0.3, -0.25) is 14.9 Å². The van der Waals surface area contributed by atoms with Crippen LogP contribution in [0.4, 0.5) is 5.69 Å². The van der Waals surface area contributed by atoms with E-state index in [1.54, 1.807) is 30.9 Å². The first-order valence-corrected chi connectivity index (χ1v) is 6.46. The van der Waals surface area contributed by atoms with Gasteiger partial charge in [-0.15, -0.1) is 0 Å². The fourth-order valence-electron chi connectivity index (χ4n) is 1.87. The Kier molecular flexibility index (Phi) is 5.21. The van der Waals surface area contributed by atoms with Crippen LogP contribution in [0.25, 0.3) is 0 Å². The molecule has 0 saturated heterocycles. The minimum atomic E-state index is -0.943. The Morgan fingerprint density at radius 3 is 2.30 bits per heavy atom. The zero-order valence-electron chi connectivity index (χ0n) is 12.0. The first kappa shape index (κ1) is 16.1. The highest BCUT2D eigenvalue weighted by Crippen LogP contribution is 2.13. The Balaban J connectivity index is 2.71. The SMILES string of the molecule is CCN(CC(C)(C)O)C(=O)Cc1ccc([N+](=O)[O-])cc1. The minimum Gasteiger partial charge on any atom is -0.389 e. The lowest BCUT2D eigenvalue weighted by molar-refractivity contribution is -0.384. The second-order valence-corrected chi connectivity index (χ2v) is 5.32. The fourth-order valence-corrected chi connectivity index (χ4v) is 1.87. The van der Waals surface area contributed by atoms with E-state index < -0.39 is 10.5 Å². The molecule has 1 aromatic rings. The number of benzene rings is 1. The smallest absolute Gasteiger partial charge is 0.269 e. The van der Waals surface area contributed by atoms with Crippen molar-refractivity contribution in [3.8, 4) is 0 Å². The van der Waals surface area contributed by atoms with Crippen LogP contribution in [0.15, 0.2) is 24.3 Å². The lowest BCUT2D eigenvalue weighted by Gasteiger charge is -2.28. The van der Waals surface area contributed by atoms with Gasteiger partial charge in [-0.05, 0) is 26.3 Å². The number of hydrogen-bond donors (Lipinski definition) is 1. The molecular weight excluding hydrogens is 260 g/mol. The molecule has 0 radical (unpaired) electrons. The Morgan fingerprint density at radius 1 is 1.35 bits per heavy atom. The molecule has 1 amide bonds. The quantitative estimate of drug-likeness (QED) is 0.635. The van der Waals surface area contributed by atoms with Crippen molar-refractivity contribution >= 4 is 11.6 Å². The highest BCUT2D eigenvalue weighted by Gasteiger charge is 2.21. The van der Waals surface area contributed by atoms with Crippen molar-refractivity contribution in [2.75, 3.05) is 13.1 Å². The number of nitrogens with zero attached hydrogens (tertiary/aromatic N) is 2. The van der Waals surface area contributed by atoms with E-state index in [2.05, 4.69) is 0 Å². The van der Waals surface area contributed by atoms with E-state index in [1.165, 1.54) is 12.1 Å². The third kappa shape index (κ3) is 4.97. The second kappa shape index (κ2) is 6.47. The predicted molar refractivity (Wildman–Crippen MR) is 75.4 cm³/mol. The topological polar surface area (TPSA) is 83.7 Å². The van der Waals surface area contributed by atoms with Crippen LogP contribution in [-0.2, 0) is 11.2 Å². The number of carbonyl (C=O) groups is 1. The van der Waals surface area contributed by atoms with E-state index in [4.69, 9.17) is 0 Å². The molecule has 0 aliphatic heterocycles. The van der Waals surface area contributed by atoms with E-state index in [0.717, 1.165) is 5.56 Å². The van der Waals surface area contributed by atoms with E-state index in [-0.39, 0.29) is 24.6 Å². The van der Waals surface area contributed by atoms with Crippen LogP contribution in [-0.4, -0.2) is 39.5 Å². The molecule has 1 rings (SSSR count). The van der Waals surface area contributed by atoms with E-state index >= 15 is 0 Å². The van der Waals surface area contributed by atoms with Gasteiger partial charge < -0.3 is 10.0 Å². The lowest BCUT2D eigenvalue weighted by Crippen LogP contribution is -2.42. The molecule has 0 aromatic heterocycles. The molecular formula is C14H20N2O4. The first-order valence-electron chi connectivity index (χ1n) is 6.46. The maximum atomic E-state index is 12.1. The third-order valence-electron chi connectivity index (χ3n) is 2.81. The average molecular weight is 280 g/mol. The third-order valence-corrected chi connectivity index (χ3v) is 2.81. The summed E-state index contributed by atoms with van der Waals surface area (Å²) in [7, 11) is 0. The summed E-state index contributed by atoms with van der Waals surface area (Å²) in [6.07, 6.45) is 0.169. The molecule has 0 aliphatic carbocycles. The van der Waals surface area contributed by atoms with Gasteiger partial charge in [0.05, 0.1) is 16.9 Å². The number of hydrogen-bond acceptors (Lipinski definition) is 4. The van der Waals surface area contributed by atoms with Gasteiger partial charge >= 0.3 is 0 Å². The minimum absolute atomic E-state index is 0.00466. The number of nitro benzene ring substituents is 1. The number of rotatable bonds is 6. The summed E-state index contributed by atoms with van der Waals surface area (Å²) < 4.78 is 0. The number of amides is 1. The fraction of sp³-hybridized carbons (Fsp3) is 0.500. The van der Waals surface area contributed by atoms with Gasteiger partial charge in [-0.2, -0.15) is 0 Å². The summed E-state index contributed by atoms with van der Waals surface area (Å²) in [4.78, 5) is 23.8. The van der Waals surface area contributed by atoms with Crippen LogP contribution in [0.1, 0.15) is 26.3 Å². The van der Waals surface area contributed by atoms with Crippen LogP contribution in [0, 0.1) is 10.1 Å². The standard InChI is InChI=1S/C14H20N2O4/c1-4-15(10-14(2,3)18)13(17)9-11-5-7-12(8-6-11)16(19)20/h5-8,18H,4,9-10H2,1-3H3. The molecule has 1 aromatic carbocycles. The number of non-ortho nitro benzene ring substituents is 1. The Labute approximate surface area is 118 Å². The van der Waals surface area contributed by atoms with Gasteiger partial charge in [-0.25, -0.2) is 0 Å². The highest BCUT2D eigenvalue weighted by molar-refractivity contribution is 5.78. The first-order chi connectivity index (χ1) is 9.23. The van der Waals surface area contributed by atoms with Crippen molar-refractivity contribution in [3.63, 3.8) is 0 Å². The van der Waals surface area contributed by atoms with Gasteiger partial charge in [0, 0.05) is 25.2 Å². The number of likely N-dealkylation sites (N-methyl/N-ethyl adjacent to an activating group) is 1. The predicted octanol–water partition coefficient (Wildman–Crippen LogP) is 1.76. The molecule has 0 heterocycles. The van der Waals surface area contributed by atoms with Crippen molar-refractivity contribution < 1.29 is 14.8 Å². The molecule has 0 spiro atoms. The van der Waals surface area contributed by atoms with Crippen molar-refractivity contribution in [3.05, 3.63) is 39.9 Å². The average Bonchev–Trinajstić information content (AvgIpc) is 2.35. The van der Waals surface area contributed by atoms with Crippen molar-refractivity contribution in [2.24, 2.45) is 0 Å². The van der Waals surface area contributed by atoms with Crippen LogP contribution >= 0.6 is 0 Å². The van der Waals surface area contributed by atoms with Crippen molar-refractivity contribution in [1.82, 2.24) is 4.90 Å². The van der Waals surface area contributed by atoms with Crippen LogP contribution in [0.2, 0.25) is 0 Å². The summed E-state index contributed by atoms with van der Waals surface area (Å²) >= 11 is 0. The molecule has 6 nitrogen and oxygen atoms in total. The number of nitro groups is 1. The van der Waals surface area contributed by atoms with Crippen LogP contribution in [0.3, 0.4) is 0 Å². The number of aliphatic hydroxyl groups is 1. The number of carbonyl (C=O) groups excluding carboxylic acids is 1. The van der Waals surface area contributed by atoms with Gasteiger partial charge in [0.1, 0.15) is 0 Å². The van der Waals surface area contributed by atoms with Gasteiger partial charge in [0.15, 0.2) is 0 Å². The summed E-state index contributed by atoms with van der Waals surface area (Å²) in [6.45, 7) is 5.91. The van der Waals surface area contributed by atoms with Gasteiger partial charge in [-0.1, -0.05) is 12.1 Å². The van der Waals surface area contributed by atoms with Gasteiger partial charge in [0.25, 0.3) is 5.69 Å². The zero-order chi connectivity index (χ0) is 15.3. The Bertz CT molecular complexity index is 477. The molecule has 1 N–H and O–H groups in total. The van der Waals surface area contributed by atoms with E-state index in [0.29, 0.717) is 6.54 Å². The molecule has 6 heteroatoms. The second-order valence-electron chi connectivity index (χ2n) is 5.32. The molecule has 0 fully saturated rings. The van der Waals surface area contributed by atoms with E-state index in [9.17, 15) is 20.0 Å². The van der Waals surface area contributed by atoms with Crippen LogP contribution in [0.5, 0.6) is 0 Å². The Hall–Kier alpha value is -1.95. The monoisotopic (exact) mass is 280 g/mol. The molecule has 0 bridgehead atoms. The maximum absolute atomic E-state index is 12.1. The highest BCUT2D eigenvalue weighted by atomic mass is 16.6. The molecule has 20 heavy (non-hydrogen) atoms. The summed E-state index contributed by atoms with van der Waals surface area (Å²) in [5.74, 6) is -0.108. The molecule has 0 aliphatic rings. The lowest BCUT2D eigenvalue weighted by atomic mass is 10.1. The van der Waals surface area contributed by atoms with E-state index in [1.807, 2.05) is 6.92 Å². The summed E-state index contributed by atoms with van der Waals surface area (Å²) in [5.41, 5.74) is -0.221. The zero-order valence-corrected chi connectivity index (χ0v) is 12.0. The van der Waals surface area contributed by atoms with Gasteiger partial charge in [0.2, 0.25) is 5.91 Å². The molecule has 0 unspecified atom stereocenters. The molecule has 0 atom stereocenters. The molecule has 0 saturated carbocycles. The Morgan fingerprint density at radius 2 is 1.90 bits per heavy atom. The van der Waals surface area contributed by atoms with Crippen molar-refractivity contribution in [2.45, 2.75) is 32.8 Å². The largest absolute Gasteiger partial charge is 0.389 e. The summed E-state index contributed by atoms with van der Waals surface area (Å²) in [6, 6.07) is 5.92. The van der Waals surface area contributed by atoms with Crippen molar-refractivity contribution in [1.29, 1.82) is 0 Å². The summed E-state index contributed by atoms with van der Waals surface area (Å²) in [5, 5.41) is 20.3. The normalized spacial score (nSPS) is 11.2.